The van der Waals surface area contributed by atoms with Gasteiger partial charge in [0.25, 0.3) is 0 Å². The van der Waals surface area contributed by atoms with Crippen molar-refractivity contribution in [3.63, 3.8) is 0 Å². The Morgan fingerprint density at radius 1 is 1.16 bits per heavy atom. The molecule has 0 amide bonds. The summed E-state index contributed by atoms with van der Waals surface area (Å²) in [6.45, 7) is 4.37. The molecule has 11 heteroatoms. The van der Waals surface area contributed by atoms with Gasteiger partial charge in [-0.3, -0.25) is 9.13 Å². The van der Waals surface area contributed by atoms with Crippen LogP contribution in [0.4, 0.5) is 14.5 Å². The molecule has 2 aromatic carbocycles. The number of halogens is 2. The molecule has 0 saturated carbocycles. The number of hydrogen-bond donors (Lipinski definition) is 3. The van der Waals surface area contributed by atoms with Crippen molar-refractivity contribution in [2.45, 2.75) is 32.4 Å². The van der Waals surface area contributed by atoms with E-state index in [1.54, 1.807) is 50.0 Å². The Hall–Kier alpha value is -4.09. The van der Waals surface area contributed by atoms with E-state index in [-0.39, 0.29) is 30.6 Å². The van der Waals surface area contributed by atoms with Gasteiger partial charge < -0.3 is 20.8 Å². The number of fused-ring (bicyclic) bond motifs is 4. The molecule has 0 spiro atoms. The first-order chi connectivity index (χ1) is 18.3. The van der Waals surface area contributed by atoms with Gasteiger partial charge in [0, 0.05) is 50.8 Å². The summed E-state index contributed by atoms with van der Waals surface area (Å²) in [7, 11) is 1.64. The second-order valence-corrected chi connectivity index (χ2v) is 9.72. The van der Waals surface area contributed by atoms with Gasteiger partial charge in [-0.2, -0.15) is 5.10 Å². The number of anilines is 1. The molecule has 38 heavy (non-hydrogen) atoms. The molecule has 2 unspecified atom stereocenters. The third-order valence-electron chi connectivity index (χ3n) is 7.31. The van der Waals surface area contributed by atoms with Gasteiger partial charge in [-0.05, 0) is 49.2 Å². The van der Waals surface area contributed by atoms with E-state index in [0.717, 1.165) is 17.5 Å². The number of aryl methyl sites for hydroxylation is 2. The van der Waals surface area contributed by atoms with Crippen molar-refractivity contribution in [2.24, 2.45) is 0 Å². The summed E-state index contributed by atoms with van der Waals surface area (Å²) in [6.07, 6.45) is 4.60. The van der Waals surface area contributed by atoms with Gasteiger partial charge >= 0.3 is 5.69 Å². The molecule has 3 N–H and O–H groups in total. The molecule has 9 nitrogen and oxygen atoms in total. The maximum Gasteiger partial charge on any atom is 0.338 e. The summed E-state index contributed by atoms with van der Waals surface area (Å²) < 4.78 is 40.0. The van der Waals surface area contributed by atoms with Crippen molar-refractivity contribution in [3.8, 4) is 17.2 Å². The molecule has 2 aromatic heterocycles. The zero-order chi connectivity index (χ0) is 26.7. The van der Waals surface area contributed by atoms with Crippen LogP contribution < -0.4 is 16.3 Å². The molecule has 1 saturated heterocycles. The quantitative estimate of drug-likeness (QED) is 0.349. The van der Waals surface area contributed by atoms with Crippen LogP contribution in [-0.2, 0) is 11.2 Å². The molecule has 2 aliphatic rings. The van der Waals surface area contributed by atoms with Crippen LogP contribution in [0.2, 0.25) is 0 Å². The van der Waals surface area contributed by atoms with Crippen LogP contribution in [0.15, 0.2) is 41.5 Å². The van der Waals surface area contributed by atoms with Gasteiger partial charge in [-0.1, -0.05) is 0 Å². The monoisotopic (exact) mass is 521 g/mol. The summed E-state index contributed by atoms with van der Waals surface area (Å²) in [6, 6.07) is 6.46. The predicted octanol–water partition coefficient (Wildman–Crippen LogP) is 3.58. The molecule has 0 aliphatic carbocycles. The van der Waals surface area contributed by atoms with Gasteiger partial charge in [0.1, 0.15) is 11.6 Å². The van der Waals surface area contributed by atoms with E-state index in [1.807, 2.05) is 0 Å². The highest BCUT2D eigenvalue weighted by Crippen LogP contribution is 2.35. The Kier molecular flexibility index (Phi) is 5.77. The SMILES string of the molecule is CNc1ccc(-n2ccn(-c3c4c(nn3-c3cc(C)c(F)c(C)c3)CC3COCC4N3)c2=O)c(F)c1C=N.[HH]. The van der Waals surface area contributed by atoms with Crippen LogP contribution in [0.3, 0.4) is 0 Å². The summed E-state index contributed by atoms with van der Waals surface area (Å²) in [5.74, 6) is -0.476. The zero-order valence-electron chi connectivity index (χ0n) is 21.2. The van der Waals surface area contributed by atoms with Crippen molar-refractivity contribution < 1.29 is 14.9 Å². The third kappa shape index (κ3) is 3.61. The van der Waals surface area contributed by atoms with Crippen LogP contribution in [0, 0.1) is 30.9 Å². The summed E-state index contributed by atoms with van der Waals surface area (Å²) in [4.78, 5) is 13.8. The first kappa shape index (κ1) is 24.3. The maximum absolute atomic E-state index is 15.4. The lowest BCUT2D eigenvalue weighted by molar-refractivity contribution is 0.0384. The highest BCUT2D eigenvalue weighted by molar-refractivity contribution is 5.87. The summed E-state index contributed by atoms with van der Waals surface area (Å²) >= 11 is 0. The van der Waals surface area contributed by atoms with Crippen LogP contribution in [-0.4, -0.2) is 51.4 Å². The Labute approximate surface area is 218 Å². The van der Waals surface area contributed by atoms with Crippen LogP contribution in [0.25, 0.3) is 17.2 Å². The smallest absolute Gasteiger partial charge is 0.338 e. The van der Waals surface area contributed by atoms with Gasteiger partial charge in [0.2, 0.25) is 0 Å². The average molecular weight is 522 g/mol. The minimum Gasteiger partial charge on any atom is -0.388 e. The molecule has 6 rings (SSSR count). The van der Waals surface area contributed by atoms with E-state index in [2.05, 4.69) is 10.6 Å². The third-order valence-corrected chi connectivity index (χ3v) is 7.31. The standard InChI is InChI=1S/C27H27F2N7O2.H2/c1-14-8-17(9-15(2)24(14)28)36-26(23-20(33-36)10-16-12-38-13-21(23)32-16)35-7-6-34(27(35)37)22-5-4-19(31-3)18(11-30)25(22)29;/h4-9,11,16,21,30-32H,10,12-13H2,1-3H3;1H. The van der Waals surface area contributed by atoms with E-state index in [9.17, 15) is 9.18 Å². The van der Waals surface area contributed by atoms with Gasteiger partial charge in [0.15, 0.2) is 5.82 Å². The molecule has 2 aliphatic heterocycles. The Morgan fingerprint density at radius 2 is 1.89 bits per heavy atom. The number of morpholine rings is 1. The molecule has 1 fully saturated rings. The Morgan fingerprint density at radius 3 is 2.61 bits per heavy atom. The van der Waals surface area contributed by atoms with Crippen molar-refractivity contribution >= 4 is 11.9 Å². The largest absolute Gasteiger partial charge is 0.388 e. The molecule has 4 aromatic rings. The number of imidazole rings is 1. The fraction of sp³-hybridized carbons (Fsp3) is 0.296. The Bertz CT molecular complexity index is 1640. The van der Waals surface area contributed by atoms with E-state index in [0.29, 0.717) is 48.0 Å². The number of ether oxygens (including phenoxy) is 1. The van der Waals surface area contributed by atoms with Crippen molar-refractivity contribution in [2.75, 3.05) is 25.6 Å². The number of nitrogens with one attached hydrogen (secondary N) is 3. The lowest BCUT2D eigenvalue weighted by Crippen LogP contribution is -2.48. The minimum atomic E-state index is -0.683. The van der Waals surface area contributed by atoms with E-state index < -0.39 is 11.5 Å². The molecule has 2 atom stereocenters. The highest BCUT2D eigenvalue weighted by Gasteiger charge is 2.37. The van der Waals surface area contributed by atoms with Crippen LogP contribution >= 0.6 is 0 Å². The van der Waals surface area contributed by atoms with E-state index >= 15 is 4.39 Å². The van der Waals surface area contributed by atoms with Crippen molar-refractivity contribution in [1.29, 1.82) is 5.41 Å². The number of aromatic nitrogens is 4. The number of nitrogens with zero attached hydrogens (tertiary/aromatic N) is 4. The van der Waals surface area contributed by atoms with E-state index in [1.165, 1.54) is 21.4 Å². The summed E-state index contributed by atoms with van der Waals surface area (Å²) in [5, 5.41) is 19.0. The van der Waals surface area contributed by atoms with Gasteiger partial charge in [0.05, 0.1) is 41.9 Å². The average Bonchev–Trinajstić information content (AvgIpc) is 3.47. The fourth-order valence-electron chi connectivity index (χ4n) is 5.50. The van der Waals surface area contributed by atoms with Crippen LogP contribution in [0.5, 0.6) is 0 Å². The molecule has 198 valence electrons. The van der Waals surface area contributed by atoms with Crippen molar-refractivity contribution in [3.05, 3.63) is 86.7 Å². The normalized spacial score (nSPS) is 18.3. The number of rotatable bonds is 5. The summed E-state index contributed by atoms with van der Waals surface area (Å²) in [5.41, 5.74) is 3.25. The lowest BCUT2D eigenvalue weighted by atomic mass is 9.94. The van der Waals surface area contributed by atoms with Crippen LogP contribution in [0.1, 0.15) is 35.4 Å². The molecule has 2 bridgehead atoms. The number of hydrogen-bond acceptors (Lipinski definition) is 6. The number of benzene rings is 2. The molecular weight excluding hydrogens is 492 g/mol. The Balaban J connectivity index is 0.00000308. The molecule has 4 heterocycles. The predicted molar refractivity (Wildman–Crippen MR) is 142 cm³/mol. The second kappa shape index (κ2) is 9.03. The van der Waals surface area contributed by atoms with Crippen molar-refractivity contribution in [1.82, 2.24) is 24.2 Å². The lowest BCUT2D eigenvalue weighted by Gasteiger charge is -2.35. The first-order valence-corrected chi connectivity index (χ1v) is 12.4. The zero-order valence-corrected chi connectivity index (χ0v) is 21.2. The second-order valence-electron chi connectivity index (χ2n) is 9.72. The first-order valence-electron chi connectivity index (χ1n) is 12.4. The van der Waals surface area contributed by atoms with Gasteiger partial charge in [-0.15, -0.1) is 0 Å². The topological polar surface area (TPSA) is 102 Å². The fourth-order valence-corrected chi connectivity index (χ4v) is 5.50. The van der Waals surface area contributed by atoms with Gasteiger partial charge in [-0.25, -0.2) is 18.3 Å². The molecular formula is C27H29F2N7O2. The molecule has 0 radical (unpaired) electrons. The van der Waals surface area contributed by atoms with E-state index in [4.69, 9.17) is 15.2 Å². The highest BCUT2D eigenvalue weighted by atomic mass is 19.1. The maximum atomic E-state index is 15.4. The minimum absolute atomic E-state index is 0.